The van der Waals surface area contributed by atoms with Crippen molar-refractivity contribution in [2.75, 3.05) is 6.26 Å². The summed E-state index contributed by atoms with van der Waals surface area (Å²) in [5.41, 5.74) is 0.622. The summed E-state index contributed by atoms with van der Waals surface area (Å²) in [6.45, 7) is 2.08. The van der Waals surface area contributed by atoms with Crippen LogP contribution in [0.5, 0.6) is 11.5 Å². The molecule has 0 bridgehead atoms. The van der Waals surface area contributed by atoms with Crippen molar-refractivity contribution in [3.63, 3.8) is 0 Å². The molecule has 0 amide bonds. The van der Waals surface area contributed by atoms with Crippen LogP contribution in [0.15, 0.2) is 58.2 Å². The Morgan fingerprint density at radius 1 is 0.900 bits per heavy atom. The summed E-state index contributed by atoms with van der Waals surface area (Å²) < 4.78 is 11.0. The van der Waals surface area contributed by atoms with Gasteiger partial charge in [-0.1, -0.05) is 42.0 Å². The first-order valence-corrected chi connectivity index (χ1v) is 7.39. The van der Waals surface area contributed by atoms with Crippen LogP contribution < -0.4 is 5.43 Å². The summed E-state index contributed by atoms with van der Waals surface area (Å²) in [6, 6.07) is 14.0. The molecule has 1 atom stereocenters. The molecule has 106 valence electrons. The first-order valence-electron chi connectivity index (χ1n) is 5.84. The molecule has 2 rings (SSSR count). The minimum Gasteiger partial charge on any atom is -0.503 e. The third-order valence-corrected chi connectivity index (χ3v) is 3.39. The number of hydrogen-bond acceptors (Lipinski definition) is 4. The zero-order valence-electron chi connectivity index (χ0n) is 11.2. The highest BCUT2D eigenvalue weighted by Crippen LogP contribution is 2.25. The highest BCUT2D eigenvalue weighted by atomic mass is 32.2. The van der Waals surface area contributed by atoms with Gasteiger partial charge in [-0.2, -0.15) is 0 Å². The normalized spacial score (nSPS) is 11.1. The molecule has 2 aromatic rings. The standard InChI is InChI=1S/C8H8O4S.C7H8/c1-13(12)6-4-2-3-5(9)7(10)8(6)11;1-7-5-3-2-4-6-7/h2-4H,1H3,(H2,9,10,11);2-6H,1H3. The van der Waals surface area contributed by atoms with Gasteiger partial charge in [-0.05, 0) is 19.1 Å². The molecule has 5 heteroatoms. The Morgan fingerprint density at radius 2 is 1.50 bits per heavy atom. The lowest BCUT2D eigenvalue weighted by molar-refractivity contribution is 0.393. The first-order chi connectivity index (χ1) is 9.43. The minimum absolute atomic E-state index is 0.0413. The predicted octanol–water partition coefficient (Wildman–Crippen LogP) is 2.19. The van der Waals surface area contributed by atoms with Crippen LogP contribution >= 0.6 is 0 Å². The van der Waals surface area contributed by atoms with E-state index in [2.05, 4.69) is 19.1 Å². The zero-order chi connectivity index (χ0) is 15.1. The summed E-state index contributed by atoms with van der Waals surface area (Å²) in [5, 5.41) is 18.4. The molecule has 0 aromatic heterocycles. The second kappa shape index (κ2) is 7.45. The van der Waals surface area contributed by atoms with E-state index in [-0.39, 0.29) is 4.90 Å². The van der Waals surface area contributed by atoms with Gasteiger partial charge in [0.1, 0.15) is 0 Å². The van der Waals surface area contributed by atoms with Crippen LogP contribution in [0, 0.1) is 6.92 Å². The van der Waals surface area contributed by atoms with Crippen LogP contribution in [-0.2, 0) is 10.8 Å². The highest BCUT2D eigenvalue weighted by molar-refractivity contribution is 7.84. The molecule has 0 spiro atoms. The molecule has 0 aliphatic heterocycles. The molecule has 0 aliphatic carbocycles. The van der Waals surface area contributed by atoms with Crippen LogP contribution in [-0.4, -0.2) is 20.7 Å². The maximum atomic E-state index is 11.0. The second-order valence-corrected chi connectivity index (χ2v) is 5.41. The SMILES string of the molecule is CS(=O)c1cccc(=O)c(O)c1O.Cc1ccccc1. The van der Waals surface area contributed by atoms with Gasteiger partial charge in [0, 0.05) is 6.26 Å². The van der Waals surface area contributed by atoms with Crippen LogP contribution in [0.1, 0.15) is 5.56 Å². The molecule has 2 N–H and O–H groups in total. The molecule has 2 aromatic carbocycles. The maximum Gasteiger partial charge on any atom is 0.224 e. The van der Waals surface area contributed by atoms with Crippen molar-refractivity contribution in [3.05, 3.63) is 64.3 Å². The molecule has 1 unspecified atom stereocenters. The van der Waals surface area contributed by atoms with Gasteiger partial charge in [0.05, 0.1) is 15.7 Å². The van der Waals surface area contributed by atoms with E-state index < -0.39 is 27.7 Å². The predicted molar refractivity (Wildman–Crippen MR) is 79.6 cm³/mol. The molecule has 0 radical (unpaired) electrons. The Bertz CT molecular complexity index is 654. The molecule has 0 heterocycles. The fraction of sp³-hybridized carbons (Fsp3) is 0.133. The zero-order valence-corrected chi connectivity index (χ0v) is 12.1. The quantitative estimate of drug-likeness (QED) is 0.845. The largest absolute Gasteiger partial charge is 0.503 e. The summed E-state index contributed by atoms with van der Waals surface area (Å²) >= 11 is 0. The molecule has 0 aliphatic rings. The molecular formula is C15H16O4S. The molecule has 20 heavy (non-hydrogen) atoms. The Morgan fingerprint density at radius 3 is 1.95 bits per heavy atom. The topological polar surface area (TPSA) is 74.6 Å². The van der Waals surface area contributed by atoms with Gasteiger partial charge in [0.25, 0.3) is 0 Å². The van der Waals surface area contributed by atoms with Crippen molar-refractivity contribution in [2.24, 2.45) is 0 Å². The monoisotopic (exact) mass is 292 g/mol. The van der Waals surface area contributed by atoms with Crippen LogP contribution in [0.2, 0.25) is 0 Å². The van der Waals surface area contributed by atoms with E-state index >= 15 is 0 Å². The van der Waals surface area contributed by atoms with Crippen molar-refractivity contribution in [3.8, 4) is 11.5 Å². The third kappa shape index (κ3) is 4.51. The smallest absolute Gasteiger partial charge is 0.224 e. The van der Waals surface area contributed by atoms with Gasteiger partial charge in [-0.25, -0.2) is 0 Å². The minimum atomic E-state index is -1.44. The van der Waals surface area contributed by atoms with E-state index in [1.54, 1.807) is 0 Å². The second-order valence-electron chi connectivity index (χ2n) is 4.06. The number of aromatic hydroxyl groups is 2. The van der Waals surface area contributed by atoms with E-state index in [4.69, 9.17) is 5.11 Å². The van der Waals surface area contributed by atoms with Gasteiger partial charge in [0.15, 0.2) is 5.75 Å². The van der Waals surface area contributed by atoms with Gasteiger partial charge >= 0.3 is 0 Å². The summed E-state index contributed by atoms with van der Waals surface area (Å²) in [6.07, 6.45) is 1.35. The van der Waals surface area contributed by atoms with E-state index in [1.807, 2.05) is 18.2 Å². The number of benzene rings is 1. The fourth-order valence-corrected chi connectivity index (χ4v) is 2.02. The number of aryl methyl sites for hydroxylation is 1. The Kier molecular flexibility index (Phi) is 5.93. The number of rotatable bonds is 1. The lowest BCUT2D eigenvalue weighted by Crippen LogP contribution is -1.93. The molecule has 0 saturated carbocycles. The van der Waals surface area contributed by atoms with Crippen LogP contribution in [0.25, 0.3) is 0 Å². The first kappa shape index (κ1) is 15.9. The maximum absolute atomic E-state index is 11.0. The van der Waals surface area contributed by atoms with Gasteiger partial charge in [-0.15, -0.1) is 0 Å². The Balaban J connectivity index is 0.000000240. The summed E-state index contributed by atoms with van der Waals surface area (Å²) in [4.78, 5) is 10.9. The third-order valence-electron chi connectivity index (χ3n) is 2.44. The average Bonchev–Trinajstić information content (AvgIpc) is 2.54. The summed E-state index contributed by atoms with van der Waals surface area (Å²) in [7, 11) is -1.44. The van der Waals surface area contributed by atoms with Crippen molar-refractivity contribution >= 4 is 10.8 Å². The van der Waals surface area contributed by atoms with Gasteiger partial charge in [0.2, 0.25) is 11.2 Å². The van der Waals surface area contributed by atoms with Crippen LogP contribution in [0.3, 0.4) is 0 Å². The van der Waals surface area contributed by atoms with Crippen molar-refractivity contribution in [2.45, 2.75) is 11.8 Å². The van der Waals surface area contributed by atoms with E-state index in [1.165, 1.54) is 24.0 Å². The van der Waals surface area contributed by atoms with E-state index in [0.29, 0.717) is 0 Å². The highest BCUT2D eigenvalue weighted by Gasteiger charge is 2.09. The van der Waals surface area contributed by atoms with Gasteiger partial charge < -0.3 is 10.2 Å². The molecule has 4 nitrogen and oxygen atoms in total. The van der Waals surface area contributed by atoms with Crippen LogP contribution in [0.4, 0.5) is 0 Å². The number of hydrogen-bond donors (Lipinski definition) is 2. The Labute approximate surface area is 119 Å². The summed E-state index contributed by atoms with van der Waals surface area (Å²) in [5.74, 6) is -1.38. The van der Waals surface area contributed by atoms with Crippen molar-refractivity contribution in [1.82, 2.24) is 0 Å². The molecule has 0 fully saturated rings. The average molecular weight is 292 g/mol. The fourth-order valence-electron chi connectivity index (χ4n) is 1.38. The molecular weight excluding hydrogens is 276 g/mol. The van der Waals surface area contributed by atoms with Crippen molar-refractivity contribution in [1.29, 1.82) is 0 Å². The Hall–Kier alpha value is -2.14. The van der Waals surface area contributed by atoms with E-state index in [9.17, 15) is 14.1 Å². The van der Waals surface area contributed by atoms with E-state index in [0.717, 1.165) is 6.07 Å². The lowest BCUT2D eigenvalue weighted by Gasteiger charge is -1.96. The van der Waals surface area contributed by atoms with Crippen molar-refractivity contribution < 1.29 is 14.4 Å². The lowest BCUT2D eigenvalue weighted by atomic mass is 10.2. The van der Waals surface area contributed by atoms with Gasteiger partial charge in [-0.3, -0.25) is 9.00 Å². The molecule has 0 saturated heterocycles.